The first-order valence-electron chi connectivity index (χ1n) is 10.0. The van der Waals surface area contributed by atoms with E-state index in [1.54, 1.807) is 18.4 Å². The van der Waals surface area contributed by atoms with Crippen molar-refractivity contribution in [3.8, 4) is 11.5 Å². The van der Waals surface area contributed by atoms with E-state index in [0.29, 0.717) is 37.0 Å². The van der Waals surface area contributed by atoms with Crippen LogP contribution < -0.4 is 20.1 Å². The number of hydrogen-bond acceptors (Lipinski definition) is 6. The van der Waals surface area contributed by atoms with Gasteiger partial charge >= 0.3 is 0 Å². The van der Waals surface area contributed by atoms with Crippen LogP contribution in [-0.4, -0.2) is 25.2 Å². The lowest BCUT2D eigenvalue weighted by Crippen LogP contribution is -2.28. The van der Waals surface area contributed by atoms with Gasteiger partial charge in [0, 0.05) is 24.7 Å². The fraction of sp³-hybridized carbons (Fsp3) is 0.208. The van der Waals surface area contributed by atoms with Crippen LogP contribution in [0.3, 0.4) is 0 Å². The molecular formula is C24H24ClN3O2S. The number of methoxy groups -OCH3 is 1. The summed E-state index contributed by atoms with van der Waals surface area (Å²) < 4.78 is 12.7. The zero-order chi connectivity index (χ0) is 21.6. The molecule has 0 bridgehead atoms. The van der Waals surface area contributed by atoms with Gasteiger partial charge in [0.1, 0.15) is 6.61 Å². The second kappa shape index (κ2) is 10.0. The van der Waals surface area contributed by atoms with E-state index >= 15 is 0 Å². The lowest BCUT2D eigenvalue weighted by atomic mass is 10.2. The number of nitrogens with zero attached hydrogens (tertiary/aromatic N) is 2. The molecule has 1 aromatic heterocycles. The highest BCUT2D eigenvalue weighted by Crippen LogP contribution is 2.33. The predicted molar refractivity (Wildman–Crippen MR) is 129 cm³/mol. The summed E-state index contributed by atoms with van der Waals surface area (Å²) >= 11 is 7.75. The number of aromatic nitrogens is 1. The minimum absolute atomic E-state index is 0.490. The van der Waals surface area contributed by atoms with E-state index in [2.05, 4.69) is 11.0 Å². The van der Waals surface area contributed by atoms with Gasteiger partial charge in [0.2, 0.25) is 0 Å². The van der Waals surface area contributed by atoms with Gasteiger partial charge in [-0.15, -0.1) is 0 Å². The summed E-state index contributed by atoms with van der Waals surface area (Å²) in [5.41, 5.74) is 8.99. The van der Waals surface area contributed by atoms with Crippen molar-refractivity contribution in [2.24, 2.45) is 5.73 Å². The number of rotatable bonds is 9. The Balaban J connectivity index is 1.52. The summed E-state index contributed by atoms with van der Waals surface area (Å²) in [6.45, 7) is 2.39. The molecule has 0 radical (unpaired) electrons. The Morgan fingerprint density at radius 3 is 2.61 bits per heavy atom. The molecule has 0 fully saturated rings. The zero-order valence-corrected chi connectivity index (χ0v) is 18.8. The van der Waals surface area contributed by atoms with Crippen molar-refractivity contribution in [2.45, 2.75) is 13.2 Å². The Morgan fingerprint density at radius 1 is 1.00 bits per heavy atom. The highest BCUT2D eigenvalue weighted by molar-refractivity contribution is 7.22. The van der Waals surface area contributed by atoms with Gasteiger partial charge < -0.3 is 20.1 Å². The second-order valence-corrected chi connectivity index (χ2v) is 8.52. The van der Waals surface area contributed by atoms with Crippen molar-refractivity contribution in [3.05, 3.63) is 82.9 Å². The number of ether oxygens (including phenoxy) is 2. The van der Waals surface area contributed by atoms with Gasteiger partial charge in [0.05, 0.1) is 17.3 Å². The molecule has 4 aromatic rings. The standard InChI is InChI=1S/C24H24ClN3O2S/c1-29-22-13-18(7-9-21(22)30-16-17-5-3-2-4-6-17)15-28(12-11-26)24-27-20-14-19(25)8-10-23(20)31-24/h2-10,13-14H,11-12,15-16,26H2,1H3. The van der Waals surface area contributed by atoms with Gasteiger partial charge in [-0.05, 0) is 41.5 Å². The molecular weight excluding hydrogens is 430 g/mol. The second-order valence-electron chi connectivity index (χ2n) is 7.08. The van der Waals surface area contributed by atoms with E-state index in [0.717, 1.165) is 32.2 Å². The summed E-state index contributed by atoms with van der Waals surface area (Å²) in [4.78, 5) is 6.94. The van der Waals surface area contributed by atoms with Crippen LogP contribution in [0.4, 0.5) is 5.13 Å². The molecule has 0 aliphatic heterocycles. The van der Waals surface area contributed by atoms with Crippen LogP contribution in [0.1, 0.15) is 11.1 Å². The maximum absolute atomic E-state index is 6.12. The number of benzene rings is 3. The highest BCUT2D eigenvalue weighted by atomic mass is 35.5. The van der Waals surface area contributed by atoms with Crippen LogP contribution in [0.5, 0.6) is 11.5 Å². The van der Waals surface area contributed by atoms with Gasteiger partial charge in [-0.2, -0.15) is 0 Å². The number of hydrogen-bond donors (Lipinski definition) is 1. The number of nitrogens with two attached hydrogens (primary N) is 1. The predicted octanol–water partition coefficient (Wildman–Crippen LogP) is 5.50. The molecule has 0 aliphatic carbocycles. The highest BCUT2D eigenvalue weighted by Gasteiger charge is 2.14. The van der Waals surface area contributed by atoms with E-state index in [-0.39, 0.29) is 0 Å². The number of fused-ring (bicyclic) bond motifs is 1. The molecule has 160 valence electrons. The summed E-state index contributed by atoms with van der Waals surface area (Å²) in [6, 6.07) is 21.9. The summed E-state index contributed by atoms with van der Waals surface area (Å²) in [6.07, 6.45) is 0. The van der Waals surface area contributed by atoms with Crippen molar-refractivity contribution in [2.75, 3.05) is 25.1 Å². The largest absolute Gasteiger partial charge is 0.493 e. The average Bonchev–Trinajstić information content (AvgIpc) is 3.21. The van der Waals surface area contributed by atoms with Gasteiger partial charge in [0.15, 0.2) is 16.6 Å². The molecule has 1 heterocycles. The first kappa shape index (κ1) is 21.4. The topological polar surface area (TPSA) is 60.6 Å². The first-order chi connectivity index (χ1) is 15.2. The molecule has 0 saturated heterocycles. The Morgan fingerprint density at radius 2 is 1.84 bits per heavy atom. The Kier molecular flexibility index (Phi) is 6.92. The molecule has 0 spiro atoms. The van der Waals surface area contributed by atoms with E-state index in [4.69, 9.17) is 31.8 Å². The van der Waals surface area contributed by atoms with Gasteiger partial charge in [-0.25, -0.2) is 4.98 Å². The Hall–Kier alpha value is -2.80. The Labute approximate surface area is 191 Å². The minimum atomic E-state index is 0.490. The van der Waals surface area contributed by atoms with Crippen molar-refractivity contribution in [1.29, 1.82) is 0 Å². The van der Waals surface area contributed by atoms with E-state index in [9.17, 15) is 0 Å². The van der Waals surface area contributed by atoms with Gasteiger partial charge in [-0.3, -0.25) is 0 Å². The van der Waals surface area contributed by atoms with Crippen LogP contribution in [0, 0.1) is 0 Å². The van der Waals surface area contributed by atoms with Crippen LogP contribution >= 0.6 is 22.9 Å². The lowest BCUT2D eigenvalue weighted by Gasteiger charge is -2.22. The summed E-state index contributed by atoms with van der Waals surface area (Å²) in [7, 11) is 1.66. The number of anilines is 1. The molecule has 0 unspecified atom stereocenters. The minimum Gasteiger partial charge on any atom is -0.493 e. The lowest BCUT2D eigenvalue weighted by molar-refractivity contribution is 0.284. The molecule has 4 rings (SSSR count). The quantitative estimate of drug-likeness (QED) is 0.362. The average molecular weight is 454 g/mol. The van der Waals surface area contributed by atoms with E-state index < -0.39 is 0 Å². The molecule has 0 aliphatic rings. The van der Waals surface area contributed by atoms with Crippen LogP contribution in [-0.2, 0) is 13.2 Å². The molecule has 2 N–H and O–H groups in total. The van der Waals surface area contributed by atoms with Crippen LogP contribution in [0.15, 0.2) is 66.7 Å². The van der Waals surface area contributed by atoms with Crippen molar-refractivity contribution >= 4 is 38.3 Å². The molecule has 31 heavy (non-hydrogen) atoms. The third-order valence-corrected chi connectivity index (χ3v) is 6.18. The smallest absolute Gasteiger partial charge is 0.186 e. The maximum Gasteiger partial charge on any atom is 0.186 e. The van der Waals surface area contributed by atoms with Crippen molar-refractivity contribution < 1.29 is 9.47 Å². The van der Waals surface area contributed by atoms with Gasteiger partial charge in [-0.1, -0.05) is 59.3 Å². The maximum atomic E-state index is 6.12. The van der Waals surface area contributed by atoms with Crippen molar-refractivity contribution in [3.63, 3.8) is 0 Å². The third-order valence-electron chi connectivity index (χ3n) is 4.85. The zero-order valence-electron chi connectivity index (χ0n) is 17.3. The molecule has 0 saturated carbocycles. The van der Waals surface area contributed by atoms with Crippen LogP contribution in [0.2, 0.25) is 5.02 Å². The molecule has 0 amide bonds. The monoisotopic (exact) mass is 453 g/mol. The van der Waals surface area contributed by atoms with E-state index in [1.807, 2.05) is 60.7 Å². The van der Waals surface area contributed by atoms with Crippen molar-refractivity contribution in [1.82, 2.24) is 4.98 Å². The number of halogens is 1. The normalized spacial score (nSPS) is 10.9. The third kappa shape index (κ3) is 5.28. The molecule has 0 atom stereocenters. The SMILES string of the molecule is COc1cc(CN(CCN)c2nc3cc(Cl)ccc3s2)ccc1OCc1ccccc1. The fourth-order valence-corrected chi connectivity index (χ4v) is 4.44. The van der Waals surface area contributed by atoms with E-state index in [1.165, 1.54) is 0 Å². The Bertz CT molecular complexity index is 1150. The molecule has 7 heteroatoms. The fourth-order valence-electron chi connectivity index (χ4n) is 3.31. The number of thiazole rings is 1. The summed E-state index contributed by atoms with van der Waals surface area (Å²) in [5, 5.41) is 1.61. The van der Waals surface area contributed by atoms with Gasteiger partial charge in [0.25, 0.3) is 0 Å². The first-order valence-corrected chi connectivity index (χ1v) is 11.2. The molecule has 5 nitrogen and oxygen atoms in total. The molecule has 3 aromatic carbocycles. The van der Waals surface area contributed by atoms with Crippen LogP contribution in [0.25, 0.3) is 10.2 Å². The summed E-state index contributed by atoms with van der Waals surface area (Å²) in [5.74, 6) is 1.42.